The van der Waals surface area contributed by atoms with Crippen LogP contribution < -0.4 is 0 Å². The molecule has 0 aliphatic heterocycles. The Kier molecular flexibility index (Phi) is 3.96. The summed E-state index contributed by atoms with van der Waals surface area (Å²) < 4.78 is 75.9. The molecule has 0 aliphatic carbocycles. The maximum Gasteiger partial charge on any atom is 0.327 e. The summed E-state index contributed by atoms with van der Waals surface area (Å²) in [5, 5.41) is -2.55. The lowest BCUT2D eigenvalue weighted by Gasteiger charge is -2.22. The van der Waals surface area contributed by atoms with Gasteiger partial charge in [0.25, 0.3) is 0 Å². The zero-order valence-corrected chi connectivity index (χ0v) is 9.21. The van der Waals surface area contributed by atoms with E-state index in [9.17, 15) is 26.3 Å². The van der Waals surface area contributed by atoms with E-state index < -0.39 is 34.9 Å². The first-order valence-electron chi connectivity index (χ1n) is 4.43. The first-order chi connectivity index (χ1) is 7.67. The van der Waals surface area contributed by atoms with E-state index in [1.165, 1.54) is 6.92 Å². The summed E-state index contributed by atoms with van der Waals surface area (Å²) >= 11 is 5.13. The molecule has 0 fully saturated rings. The minimum atomic E-state index is -4.59. The summed E-state index contributed by atoms with van der Waals surface area (Å²) in [6.45, 7) is 1.18. The third kappa shape index (κ3) is 2.68. The molecule has 0 aliphatic rings. The molecule has 0 heterocycles. The number of hydrogen-bond acceptors (Lipinski definition) is 0. The minimum absolute atomic E-state index is 0.155. The monoisotopic (exact) mass is 276 g/mol. The maximum atomic E-state index is 13.2. The van der Waals surface area contributed by atoms with Gasteiger partial charge in [-0.1, -0.05) is 0 Å². The quantitative estimate of drug-likeness (QED) is 0.565. The van der Waals surface area contributed by atoms with Crippen molar-refractivity contribution in [1.82, 2.24) is 0 Å². The summed E-state index contributed by atoms with van der Waals surface area (Å²) in [5.41, 5.74) is -1.01. The van der Waals surface area contributed by atoms with Gasteiger partial charge in [0.2, 0.25) is 0 Å². The van der Waals surface area contributed by atoms with Gasteiger partial charge in [0.15, 0.2) is 0 Å². The maximum absolute atomic E-state index is 13.2. The van der Waals surface area contributed by atoms with Gasteiger partial charge in [0.1, 0.15) is 17.0 Å². The molecular weight excluding hydrogens is 270 g/mol. The molecule has 17 heavy (non-hydrogen) atoms. The molecule has 0 bridgehead atoms. The van der Waals surface area contributed by atoms with E-state index >= 15 is 0 Å². The molecule has 0 spiro atoms. The fourth-order valence-corrected chi connectivity index (χ4v) is 1.45. The normalized spacial score (nSPS) is 14.2. The highest BCUT2D eigenvalue weighted by Gasteiger charge is 2.49. The Bertz CT molecular complexity index is 418. The molecule has 96 valence electrons. The molecule has 1 rings (SSSR count). The first-order valence-corrected chi connectivity index (χ1v) is 4.87. The van der Waals surface area contributed by atoms with Crippen molar-refractivity contribution in [2.75, 3.05) is 0 Å². The van der Waals surface area contributed by atoms with Gasteiger partial charge in [-0.2, -0.15) is 8.78 Å². The van der Waals surface area contributed by atoms with Crippen LogP contribution in [-0.4, -0.2) is 12.3 Å². The fourth-order valence-electron chi connectivity index (χ4n) is 1.19. The van der Waals surface area contributed by atoms with Crippen molar-refractivity contribution in [3.63, 3.8) is 0 Å². The second-order valence-electron chi connectivity index (χ2n) is 3.46. The number of aryl methyl sites for hydroxylation is 1. The Labute approximate surface area is 98.2 Å². The summed E-state index contributed by atoms with van der Waals surface area (Å²) in [6, 6.07) is 1.03. The van der Waals surface area contributed by atoms with Crippen LogP contribution >= 0.6 is 11.6 Å². The number of halogens is 7. The van der Waals surface area contributed by atoms with Gasteiger partial charge in [-0.05, 0) is 18.6 Å². The third-order valence-corrected chi connectivity index (χ3v) is 2.71. The van der Waals surface area contributed by atoms with Gasteiger partial charge in [0.05, 0.1) is 0 Å². The average molecular weight is 277 g/mol. The molecule has 7 heteroatoms. The van der Waals surface area contributed by atoms with E-state index in [0.717, 1.165) is 0 Å². The highest BCUT2D eigenvalue weighted by molar-refractivity contribution is 6.21. The zero-order valence-electron chi connectivity index (χ0n) is 8.46. The Hall–Kier alpha value is -0.910. The van der Waals surface area contributed by atoms with Gasteiger partial charge >= 0.3 is 12.3 Å². The van der Waals surface area contributed by atoms with Gasteiger partial charge in [-0.25, -0.2) is 17.6 Å². The molecule has 0 N–H and O–H groups in total. The lowest BCUT2D eigenvalue weighted by atomic mass is 10.0. The number of rotatable bonds is 3. The smallest absolute Gasteiger partial charge is 0.207 e. The van der Waals surface area contributed by atoms with Crippen LogP contribution in [0.5, 0.6) is 0 Å². The SMILES string of the molecule is Cc1cc(C(Cl)C(F)(F)C(F)F)c(F)cc1F. The van der Waals surface area contributed by atoms with E-state index in [2.05, 4.69) is 0 Å². The van der Waals surface area contributed by atoms with Crippen molar-refractivity contribution in [3.05, 3.63) is 34.9 Å². The van der Waals surface area contributed by atoms with Crippen LogP contribution in [0.4, 0.5) is 26.3 Å². The van der Waals surface area contributed by atoms with E-state index in [-0.39, 0.29) is 5.56 Å². The van der Waals surface area contributed by atoms with Crippen molar-refractivity contribution in [3.8, 4) is 0 Å². The molecule has 0 saturated carbocycles. The fraction of sp³-hybridized carbons (Fsp3) is 0.400. The van der Waals surface area contributed by atoms with E-state index in [0.29, 0.717) is 12.1 Å². The first kappa shape index (κ1) is 14.2. The van der Waals surface area contributed by atoms with Crippen LogP contribution in [0.1, 0.15) is 16.5 Å². The predicted molar refractivity (Wildman–Crippen MR) is 50.6 cm³/mol. The highest BCUT2D eigenvalue weighted by atomic mass is 35.5. The van der Waals surface area contributed by atoms with Crippen LogP contribution in [0.15, 0.2) is 12.1 Å². The van der Waals surface area contributed by atoms with Crippen molar-refractivity contribution in [2.24, 2.45) is 0 Å². The summed E-state index contributed by atoms with van der Waals surface area (Å²) in [6.07, 6.45) is -4.03. The average Bonchev–Trinajstić information content (AvgIpc) is 2.22. The van der Waals surface area contributed by atoms with E-state index in [1.54, 1.807) is 0 Å². The van der Waals surface area contributed by atoms with Crippen molar-refractivity contribution in [1.29, 1.82) is 0 Å². The Morgan fingerprint density at radius 2 is 1.65 bits per heavy atom. The highest BCUT2D eigenvalue weighted by Crippen LogP contribution is 2.42. The number of hydrogen-bond donors (Lipinski definition) is 0. The molecule has 1 unspecified atom stereocenters. The molecule has 0 saturated heterocycles. The standard InChI is InChI=1S/C10H7ClF6/c1-4-2-5(7(13)3-6(4)12)8(11)10(16,17)9(14)15/h2-3,8-9H,1H3. The molecular formula is C10H7ClF6. The van der Waals surface area contributed by atoms with Crippen LogP contribution in [0.2, 0.25) is 0 Å². The van der Waals surface area contributed by atoms with Crippen molar-refractivity contribution in [2.45, 2.75) is 24.6 Å². The zero-order chi connectivity index (χ0) is 13.4. The van der Waals surface area contributed by atoms with Crippen LogP contribution in [0, 0.1) is 18.6 Å². The predicted octanol–water partition coefficient (Wildman–Crippen LogP) is 4.45. The van der Waals surface area contributed by atoms with Crippen molar-refractivity contribution >= 4 is 11.6 Å². The molecule has 1 aromatic rings. The minimum Gasteiger partial charge on any atom is -0.207 e. The Balaban J connectivity index is 3.21. The lowest BCUT2D eigenvalue weighted by molar-refractivity contribution is -0.131. The summed E-state index contributed by atoms with van der Waals surface area (Å²) in [7, 11) is 0. The van der Waals surface area contributed by atoms with Gasteiger partial charge in [-0.15, -0.1) is 11.6 Å². The summed E-state index contributed by atoms with van der Waals surface area (Å²) in [5.74, 6) is -6.93. The van der Waals surface area contributed by atoms with Gasteiger partial charge in [0, 0.05) is 11.6 Å². The third-order valence-electron chi connectivity index (χ3n) is 2.18. The molecule has 0 nitrogen and oxygen atoms in total. The molecule has 1 atom stereocenters. The Morgan fingerprint density at radius 1 is 1.12 bits per heavy atom. The van der Waals surface area contributed by atoms with E-state index in [1.807, 2.05) is 0 Å². The Morgan fingerprint density at radius 3 is 2.12 bits per heavy atom. The number of benzene rings is 1. The topological polar surface area (TPSA) is 0 Å². The molecule has 0 radical (unpaired) electrons. The largest absolute Gasteiger partial charge is 0.327 e. The number of alkyl halides is 5. The van der Waals surface area contributed by atoms with Crippen LogP contribution in [0.25, 0.3) is 0 Å². The second-order valence-corrected chi connectivity index (χ2v) is 3.90. The lowest BCUT2D eigenvalue weighted by Crippen LogP contribution is -2.32. The van der Waals surface area contributed by atoms with E-state index in [4.69, 9.17) is 11.6 Å². The molecule has 1 aromatic carbocycles. The second kappa shape index (κ2) is 4.76. The molecule has 0 amide bonds. The van der Waals surface area contributed by atoms with Crippen molar-refractivity contribution < 1.29 is 26.3 Å². The molecule has 0 aromatic heterocycles. The summed E-state index contributed by atoms with van der Waals surface area (Å²) in [4.78, 5) is 0. The van der Waals surface area contributed by atoms with Crippen LogP contribution in [0.3, 0.4) is 0 Å². The van der Waals surface area contributed by atoms with Crippen LogP contribution in [-0.2, 0) is 0 Å². The van der Waals surface area contributed by atoms with Gasteiger partial charge in [-0.3, -0.25) is 0 Å². The van der Waals surface area contributed by atoms with Gasteiger partial charge < -0.3 is 0 Å².